The van der Waals surface area contributed by atoms with Crippen molar-refractivity contribution in [3.8, 4) is 0 Å². The molecule has 0 aromatic carbocycles. The Balaban J connectivity index is 0.000000298. The number of alkyl carbamates (subject to hydrolysis) is 1. The molecule has 4 saturated carbocycles. The van der Waals surface area contributed by atoms with E-state index in [4.69, 9.17) is 21.9 Å². The number of nitrogens with two attached hydrogens (primary N) is 3. The summed E-state index contributed by atoms with van der Waals surface area (Å²) in [5.41, 5.74) is 14.7. The number of ketones is 2. The van der Waals surface area contributed by atoms with Crippen molar-refractivity contribution in [2.45, 2.75) is 183 Å². The summed E-state index contributed by atoms with van der Waals surface area (Å²) < 4.78 is 5.39. The van der Waals surface area contributed by atoms with E-state index >= 15 is 0 Å². The van der Waals surface area contributed by atoms with Gasteiger partial charge in [0, 0.05) is 13.1 Å². The Morgan fingerprint density at radius 3 is 1.26 bits per heavy atom. The van der Waals surface area contributed by atoms with Crippen molar-refractivity contribution < 1.29 is 47.9 Å². The molecule has 0 radical (unpaired) electrons. The molecule has 18 nitrogen and oxygen atoms in total. The standard InChI is InChI=1S/C27H44N4O6.C22H36N4O4.ClH/c1-25(2,3)20(30-24(36)37-26(4,5)6)23(35)31-13-15-17(27(15,7)8)18(31)22(34)29-16(19(32)21(28)33)12-14-10-9-11-14;1-21(2,3)17(23)20(30)26-10-12-14(22(12,4)5)15(26)19(29)25-13(16(27)18(24)28)9-11-7-6-8-11;/h14-18,20H,9-13H2,1-8H3,(H2,28,33)(H,29,34)(H,30,36);11-15,17H,6-10,23H2,1-5H3,(H2,24,28)(H,25,29);1H/t15-,16?,17-,18-,20+;12-,13?,14-,15-,17?;/m00./s1. The third-order valence-corrected chi connectivity index (χ3v) is 15.8. The third kappa shape index (κ3) is 12.2. The molecule has 6 fully saturated rings. The van der Waals surface area contributed by atoms with Gasteiger partial charge >= 0.3 is 6.09 Å². The van der Waals surface area contributed by atoms with Crippen LogP contribution in [0.3, 0.4) is 0 Å². The van der Waals surface area contributed by atoms with Crippen molar-refractivity contribution in [1.82, 2.24) is 25.8 Å². The molecule has 6 aliphatic rings. The van der Waals surface area contributed by atoms with Crippen LogP contribution in [-0.4, -0.2) is 118 Å². The van der Waals surface area contributed by atoms with E-state index in [1.165, 1.54) is 4.90 Å². The zero-order chi connectivity index (χ0) is 50.7. The van der Waals surface area contributed by atoms with Gasteiger partial charge in [-0.2, -0.15) is 0 Å². The molecule has 0 aromatic rings. The number of amides is 7. The number of piperidine rings is 2. The number of carbonyl (C=O) groups excluding carboxylic acids is 9. The Kier molecular flexibility index (Phi) is 16.7. The van der Waals surface area contributed by atoms with Crippen LogP contribution in [0.4, 0.5) is 4.79 Å². The first-order valence-electron chi connectivity index (χ1n) is 24.2. The fraction of sp³-hybridized carbons (Fsp3) is 0.816. The summed E-state index contributed by atoms with van der Waals surface area (Å²) in [6.07, 6.45) is 6.03. The topological polar surface area (TPSA) is 283 Å². The number of nitrogens with one attached hydrogen (secondary N) is 3. The summed E-state index contributed by atoms with van der Waals surface area (Å²) in [5.74, 6) is -4.37. The minimum absolute atomic E-state index is 0. The van der Waals surface area contributed by atoms with Crippen molar-refractivity contribution >= 4 is 65.5 Å². The van der Waals surface area contributed by atoms with Crippen LogP contribution in [0.25, 0.3) is 0 Å². The number of rotatable bonds is 15. The molecular formula is C49H81ClN8O10. The van der Waals surface area contributed by atoms with E-state index in [-0.39, 0.29) is 70.5 Å². The second kappa shape index (κ2) is 20.2. The van der Waals surface area contributed by atoms with E-state index in [0.717, 1.165) is 38.5 Å². The van der Waals surface area contributed by atoms with E-state index in [9.17, 15) is 43.2 Å². The predicted molar refractivity (Wildman–Crippen MR) is 256 cm³/mol. The molecule has 0 aromatic heterocycles. The SMILES string of the molecule is CC(C)(C)C(N)C(=O)N1C[C@H]2[C@@H]([C@H]1C(=O)NC(CC1CCC1)C(=O)C(N)=O)C2(C)C.CC(C)(C)OC(=O)N[C@H](C(=O)N1C[C@H]2[C@@H]([C@H]1C(=O)NC(CC1CCC1)C(=O)C(N)=O)C2(C)C)C(C)(C)C.Cl. The maximum Gasteiger partial charge on any atom is 0.408 e. The Morgan fingerprint density at radius 2 is 0.971 bits per heavy atom. The number of Topliss-reactive ketones (excluding diaryl/α,β-unsaturated/α-hetero) is 2. The molecule has 9 N–H and O–H groups in total. The maximum atomic E-state index is 13.9. The van der Waals surface area contributed by atoms with Crippen LogP contribution in [0.5, 0.6) is 0 Å². The van der Waals surface area contributed by atoms with E-state index in [1.807, 2.05) is 41.5 Å². The summed E-state index contributed by atoms with van der Waals surface area (Å²) in [7, 11) is 0. The van der Waals surface area contributed by atoms with Gasteiger partial charge in [0.05, 0.1) is 18.1 Å². The van der Waals surface area contributed by atoms with Crippen LogP contribution >= 0.6 is 12.4 Å². The molecule has 19 heteroatoms. The molecule has 0 bridgehead atoms. The lowest BCUT2D eigenvalue weighted by Crippen LogP contribution is -2.61. The number of hydrogen-bond acceptors (Lipinski definition) is 11. The lowest BCUT2D eigenvalue weighted by Gasteiger charge is -2.38. The van der Waals surface area contributed by atoms with Crippen LogP contribution in [0, 0.1) is 57.2 Å². The van der Waals surface area contributed by atoms with Gasteiger partial charge in [0.2, 0.25) is 35.2 Å². The smallest absolute Gasteiger partial charge is 0.408 e. The predicted octanol–water partition coefficient (Wildman–Crippen LogP) is 3.13. The van der Waals surface area contributed by atoms with Crippen LogP contribution in [0.2, 0.25) is 0 Å². The van der Waals surface area contributed by atoms with Crippen molar-refractivity contribution in [3.63, 3.8) is 0 Å². The summed E-state index contributed by atoms with van der Waals surface area (Å²) in [6.45, 7) is 25.6. The molecule has 384 valence electrons. The molecule has 0 spiro atoms. The second-order valence-corrected chi connectivity index (χ2v) is 24.7. The number of fused-ring (bicyclic) bond motifs is 2. The minimum atomic E-state index is -1.08. The third-order valence-electron chi connectivity index (χ3n) is 15.8. The fourth-order valence-corrected chi connectivity index (χ4v) is 10.9. The van der Waals surface area contributed by atoms with Gasteiger partial charge in [-0.3, -0.25) is 38.4 Å². The molecule has 2 aliphatic heterocycles. The fourth-order valence-electron chi connectivity index (χ4n) is 10.9. The molecule has 2 saturated heterocycles. The normalized spacial score (nSPS) is 27.3. The highest BCUT2D eigenvalue weighted by Gasteiger charge is 2.71. The Hall–Kier alpha value is -4.32. The largest absolute Gasteiger partial charge is 0.444 e. The zero-order valence-corrected chi connectivity index (χ0v) is 43.4. The summed E-state index contributed by atoms with van der Waals surface area (Å²) in [4.78, 5) is 118. The first-order valence-corrected chi connectivity index (χ1v) is 24.2. The highest BCUT2D eigenvalue weighted by molar-refractivity contribution is 6.38. The van der Waals surface area contributed by atoms with Crippen molar-refractivity contribution in [2.24, 2.45) is 74.4 Å². The molecular weight excluding hydrogens is 896 g/mol. The molecule has 6 rings (SSSR count). The number of ether oxygens (including phenoxy) is 1. The quantitative estimate of drug-likeness (QED) is 0.130. The average Bonchev–Trinajstić information content (AvgIpc) is 3.62. The number of halogens is 1. The zero-order valence-electron chi connectivity index (χ0n) is 42.6. The Labute approximate surface area is 408 Å². The van der Waals surface area contributed by atoms with Crippen LogP contribution in [0.1, 0.15) is 141 Å². The van der Waals surface area contributed by atoms with Gasteiger partial charge in [0.1, 0.15) is 23.7 Å². The monoisotopic (exact) mass is 977 g/mol. The molecule has 7 amide bonds. The van der Waals surface area contributed by atoms with Gasteiger partial charge in [-0.25, -0.2) is 4.79 Å². The first-order chi connectivity index (χ1) is 30.6. The van der Waals surface area contributed by atoms with Crippen molar-refractivity contribution in [1.29, 1.82) is 0 Å². The van der Waals surface area contributed by atoms with Gasteiger partial charge in [-0.1, -0.05) is 108 Å². The van der Waals surface area contributed by atoms with E-state index in [1.54, 1.807) is 25.7 Å². The Morgan fingerprint density at radius 1 is 0.603 bits per heavy atom. The first kappa shape index (κ1) is 56.3. The number of nitrogens with zero attached hydrogens (tertiary/aromatic N) is 2. The van der Waals surface area contributed by atoms with Gasteiger partial charge in [-0.15, -0.1) is 12.4 Å². The molecule has 68 heavy (non-hydrogen) atoms. The van der Waals surface area contributed by atoms with Gasteiger partial charge in [-0.05, 0) is 90.8 Å². The van der Waals surface area contributed by atoms with E-state index in [2.05, 4.69) is 43.6 Å². The van der Waals surface area contributed by atoms with Crippen LogP contribution in [-0.2, 0) is 43.1 Å². The summed E-state index contributed by atoms with van der Waals surface area (Å²) in [6, 6.07) is -5.11. The average molecular weight is 978 g/mol. The highest BCUT2D eigenvalue weighted by Crippen LogP contribution is 2.66. The molecule has 4 aliphatic carbocycles. The molecule has 10 atom stereocenters. The minimum Gasteiger partial charge on any atom is -0.444 e. The van der Waals surface area contributed by atoms with Crippen LogP contribution in [0.15, 0.2) is 0 Å². The Bertz CT molecular complexity index is 2000. The highest BCUT2D eigenvalue weighted by atomic mass is 35.5. The molecule has 3 unspecified atom stereocenters. The lowest BCUT2D eigenvalue weighted by atomic mass is 9.80. The van der Waals surface area contributed by atoms with Gasteiger partial charge in [0.15, 0.2) is 0 Å². The number of primary amides is 2. The lowest BCUT2D eigenvalue weighted by molar-refractivity contribution is -0.145. The second-order valence-electron chi connectivity index (χ2n) is 24.7. The maximum absolute atomic E-state index is 13.9. The van der Waals surface area contributed by atoms with Crippen molar-refractivity contribution in [2.75, 3.05) is 13.1 Å². The molecule has 2 heterocycles. The van der Waals surface area contributed by atoms with E-state index in [0.29, 0.717) is 31.8 Å². The van der Waals surface area contributed by atoms with E-state index < -0.39 is 88.1 Å². The summed E-state index contributed by atoms with van der Waals surface area (Å²) in [5, 5.41) is 8.26. The van der Waals surface area contributed by atoms with Crippen LogP contribution < -0.4 is 33.2 Å². The summed E-state index contributed by atoms with van der Waals surface area (Å²) >= 11 is 0. The van der Waals surface area contributed by atoms with Gasteiger partial charge in [0.25, 0.3) is 11.8 Å². The number of carbonyl (C=O) groups is 9. The number of likely N-dealkylation sites (tertiary alicyclic amines) is 2. The number of hydrogen-bond donors (Lipinski definition) is 6. The van der Waals surface area contributed by atoms with Crippen molar-refractivity contribution in [3.05, 3.63) is 0 Å². The van der Waals surface area contributed by atoms with Gasteiger partial charge < -0.3 is 47.7 Å².